The number of nitrogens with zero attached hydrogens (tertiary/aromatic N) is 2. The molecular weight excluding hydrogens is 380 g/mol. The van der Waals surface area contributed by atoms with Gasteiger partial charge in [-0.25, -0.2) is 18.4 Å². The number of sulfonamides is 1. The number of amidine groups is 1. The number of oxazole rings is 1. The number of para-hydroxylation sites is 1. The second kappa shape index (κ2) is 7.28. The van der Waals surface area contributed by atoms with Crippen LogP contribution in [0.25, 0.3) is 0 Å². The van der Waals surface area contributed by atoms with E-state index in [4.69, 9.17) is 4.42 Å². The molecule has 0 fully saturated rings. The average Bonchev–Trinajstić information content (AvgIpc) is 3.23. The van der Waals surface area contributed by atoms with E-state index < -0.39 is 15.9 Å². The van der Waals surface area contributed by atoms with Gasteiger partial charge >= 0.3 is 0 Å². The molecule has 2 aromatic carbocycles. The fourth-order valence-electron chi connectivity index (χ4n) is 2.92. The highest BCUT2D eigenvalue weighted by Gasteiger charge is 2.29. The van der Waals surface area contributed by atoms with Crippen LogP contribution in [-0.2, 0) is 14.8 Å². The summed E-state index contributed by atoms with van der Waals surface area (Å²) in [6.07, 6.45) is 2.99. The molecule has 142 valence electrons. The van der Waals surface area contributed by atoms with Gasteiger partial charge in [0.2, 0.25) is 11.7 Å². The van der Waals surface area contributed by atoms with E-state index in [0.717, 1.165) is 5.56 Å². The molecule has 28 heavy (non-hydrogen) atoms. The highest BCUT2D eigenvalue weighted by Crippen LogP contribution is 2.27. The minimum Gasteiger partial charge on any atom is -0.448 e. The van der Waals surface area contributed by atoms with Gasteiger partial charge in [-0.2, -0.15) is 0 Å². The Balaban J connectivity index is 1.56. The fraction of sp³-hybridized carbons (Fsp3) is 0.105. The van der Waals surface area contributed by atoms with Crippen molar-refractivity contribution in [3.05, 3.63) is 78.5 Å². The normalized spacial score (nSPS) is 15.6. The van der Waals surface area contributed by atoms with Crippen molar-refractivity contribution in [2.24, 2.45) is 4.99 Å². The monoisotopic (exact) mass is 396 g/mol. The van der Waals surface area contributed by atoms with Gasteiger partial charge in [0, 0.05) is 6.54 Å². The largest absolute Gasteiger partial charge is 0.448 e. The molecule has 9 heteroatoms. The van der Waals surface area contributed by atoms with E-state index in [1.807, 2.05) is 30.3 Å². The Kier molecular flexibility index (Phi) is 4.66. The quantitative estimate of drug-likeness (QED) is 0.684. The van der Waals surface area contributed by atoms with Crippen LogP contribution in [0.3, 0.4) is 0 Å². The molecule has 0 saturated heterocycles. The molecule has 4 rings (SSSR count). The number of benzene rings is 2. The van der Waals surface area contributed by atoms with Crippen molar-refractivity contribution in [2.75, 3.05) is 6.54 Å². The summed E-state index contributed by atoms with van der Waals surface area (Å²) in [6, 6.07) is 15.7. The van der Waals surface area contributed by atoms with Crippen LogP contribution < -0.4 is 10.0 Å². The molecule has 2 heterocycles. The summed E-state index contributed by atoms with van der Waals surface area (Å²) < 4.78 is 32.3. The number of hydrogen-bond donors (Lipinski definition) is 2. The van der Waals surface area contributed by atoms with E-state index in [1.54, 1.807) is 18.2 Å². The predicted molar refractivity (Wildman–Crippen MR) is 102 cm³/mol. The van der Waals surface area contributed by atoms with E-state index >= 15 is 0 Å². The van der Waals surface area contributed by atoms with Gasteiger partial charge in [0.1, 0.15) is 11.2 Å². The number of aliphatic imine (C=N–C) groups is 1. The molecule has 0 saturated carbocycles. The second-order valence-corrected chi connectivity index (χ2v) is 7.73. The van der Waals surface area contributed by atoms with Crippen LogP contribution in [0.15, 0.2) is 81.4 Å². The maximum atomic E-state index is 12.6. The highest BCUT2D eigenvalue weighted by atomic mass is 32.2. The molecule has 0 radical (unpaired) electrons. The first kappa shape index (κ1) is 17.9. The summed E-state index contributed by atoms with van der Waals surface area (Å²) >= 11 is 0. The third kappa shape index (κ3) is 3.52. The number of carbonyl (C=O) groups is 1. The van der Waals surface area contributed by atoms with E-state index in [9.17, 15) is 13.2 Å². The van der Waals surface area contributed by atoms with E-state index in [-0.39, 0.29) is 28.9 Å². The number of hydrogen-bond acceptors (Lipinski definition) is 6. The topological polar surface area (TPSA) is 114 Å². The van der Waals surface area contributed by atoms with Crippen molar-refractivity contribution in [2.45, 2.75) is 10.8 Å². The molecule has 1 aromatic heterocycles. The Bertz CT molecular complexity index is 1130. The van der Waals surface area contributed by atoms with Crippen LogP contribution in [0, 0.1) is 0 Å². The first-order valence-electron chi connectivity index (χ1n) is 8.48. The third-order valence-electron chi connectivity index (χ3n) is 4.25. The van der Waals surface area contributed by atoms with Gasteiger partial charge in [-0.1, -0.05) is 42.5 Å². The van der Waals surface area contributed by atoms with Gasteiger partial charge in [-0.3, -0.25) is 9.52 Å². The van der Waals surface area contributed by atoms with Crippen LogP contribution >= 0.6 is 0 Å². The summed E-state index contributed by atoms with van der Waals surface area (Å²) in [5.41, 5.74) is 1.13. The van der Waals surface area contributed by atoms with Gasteiger partial charge in [-0.05, 0) is 17.7 Å². The summed E-state index contributed by atoms with van der Waals surface area (Å²) in [6.45, 7) is 0.158. The minimum atomic E-state index is -3.84. The van der Waals surface area contributed by atoms with Crippen LogP contribution in [0.2, 0.25) is 0 Å². The molecule has 1 amide bonds. The van der Waals surface area contributed by atoms with Crippen molar-refractivity contribution in [1.29, 1.82) is 0 Å². The van der Waals surface area contributed by atoms with Gasteiger partial charge < -0.3 is 9.73 Å². The van der Waals surface area contributed by atoms with Crippen LogP contribution in [-0.4, -0.2) is 31.7 Å². The maximum absolute atomic E-state index is 12.6. The Morgan fingerprint density at radius 1 is 1.11 bits per heavy atom. The smallest absolute Gasteiger partial charge is 0.287 e. The van der Waals surface area contributed by atoms with Crippen molar-refractivity contribution >= 4 is 27.5 Å². The number of nitrogens with one attached hydrogen (secondary N) is 2. The number of fused-ring (bicyclic) bond motifs is 1. The molecule has 0 spiro atoms. The van der Waals surface area contributed by atoms with Gasteiger partial charge in [0.25, 0.3) is 15.9 Å². The number of aromatic nitrogens is 1. The van der Waals surface area contributed by atoms with Crippen LogP contribution in [0.5, 0.6) is 0 Å². The fourth-order valence-corrected chi connectivity index (χ4v) is 4.07. The Morgan fingerprint density at radius 3 is 2.61 bits per heavy atom. The van der Waals surface area contributed by atoms with Crippen molar-refractivity contribution in [3.63, 3.8) is 0 Å². The van der Waals surface area contributed by atoms with Gasteiger partial charge in [0.15, 0.2) is 0 Å². The molecule has 1 atom stereocenters. The zero-order chi connectivity index (χ0) is 19.6. The zero-order valence-electron chi connectivity index (χ0n) is 14.6. The molecule has 0 aliphatic carbocycles. The lowest BCUT2D eigenvalue weighted by Gasteiger charge is -2.19. The van der Waals surface area contributed by atoms with Crippen molar-refractivity contribution < 1.29 is 17.6 Å². The molecule has 1 unspecified atom stereocenters. The summed E-state index contributed by atoms with van der Waals surface area (Å²) in [5, 5.41) is 2.71. The third-order valence-corrected chi connectivity index (χ3v) is 5.64. The van der Waals surface area contributed by atoms with Gasteiger partial charge in [-0.15, -0.1) is 0 Å². The Labute approximate surface area is 161 Å². The van der Waals surface area contributed by atoms with Crippen molar-refractivity contribution in [1.82, 2.24) is 15.0 Å². The minimum absolute atomic E-state index is 0.0356. The number of rotatable bonds is 5. The lowest BCUT2D eigenvalue weighted by molar-refractivity contribution is -0.115. The molecule has 0 bridgehead atoms. The molecule has 1 aliphatic rings. The molecule has 2 N–H and O–H groups in total. The van der Waals surface area contributed by atoms with Crippen molar-refractivity contribution in [3.8, 4) is 0 Å². The molecular formula is C19H16N4O4S. The summed E-state index contributed by atoms with van der Waals surface area (Å²) in [4.78, 5) is 20.9. The lowest BCUT2D eigenvalue weighted by atomic mass is 9.99. The maximum Gasteiger partial charge on any atom is 0.287 e. The molecule has 8 nitrogen and oxygen atoms in total. The average molecular weight is 396 g/mol. The number of carbonyl (C=O) groups excluding carboxylic acids is 1. The summed E-state index contributed by atoms with van der Waals surface area (Å²) in [5.74, 6) is -0.792. The van der Waals surface area contributed by atoms with E-state index in [1.165, 1.54) is 18.5 Å². The first-order valence-corrected chi connectivity index (χ1v) is 9.96. The highest BCUT2D eigenvalue weighted by molar-refractivity contribution is 7.90. The van der Waals surface area contributed by atoms with Gasteiger partial charge in [0.05, 0.1) is 17.8 Å². The molecule has 3 aromatic rings. The van der Waals surface area contributed by atoms with Crippen LogP contribution in [0.1, 0.15) is 17.4 Å². The number of amides is 1. The Morgan fingerprint density at radius 2 is 1.86 bits per heavy atom. The lowest BCUT2D eigenvalue weighted by Crippen LogP contribution is -2.45. The van der Waals surface area contributed by atoms with E-state index in [0.29, 0.717) is 5.89 Å². The standard InChI is InChI=1S/C19H16N4O4S/c24-18(17-22-15-8-4-5-9-16(15)28(25,26)23-17)21-12-14(19-20-10-11-27-19)13-6-2-1-3-7-13/h1-11,14H,12H2,(H,21,24)(H,22,23). The second-order valence-electron chi connectivity index (χ2n) is 6.08. The predicted octanol–water partition coefficient (Wildman–Crippen LogP) is 1.94. The van der Waals surface area contributed by atoms with E-state index in [2.05, 4.69) is 20.0 Å². The van der Waals surface area contributed by atoms with Crippen LogP contribution in [0.4, 0.5) is 5.69 Å². The first-order chi connectivity index (χ1) is 13.5. The summed E-state index contributed by atoms with van der Waals surface area (Å²) in [7, 11) is -3.84. The Hall–Kier alpha value is -3.46. The molecule has 1 aliphatic heterocycles. The zero-order valence-corrected chi connectivity index (χ0v) is 15.4. The SMILES string of the molecule is O=C(NCC(c1ccccc1)c1ncco1)C1=Nc2ccccc2S(=O)(=O)N1.